The van der Waals surface area contributed by atoms with Gasteiger partial charge >= 0.3 is 12.2 Å². The Kier molecular flexibility index (Phi) is 4.31. The number of rotatable bonds is 2. The maximum atomic E-state index is 12.8. The highest BCUT2D eigenvalue weighted by Crippen LogP contribution is 2.31. The molecule has 1 fully saturated rings. The van der Waals surface area contributed by atoms with Crippen molar-refractivity contribution in [1.82, 2.24) is 9.88 Å². The number of nitrogens with one attached hydrogen (secondary N) is 1. The lowest BCUT2D eigenvalue weighted by Gasteiger charge is -2.29. The molecule has 2 N–H and O–H groups in total. The van der Waals surface area contributed by atoms with E-state index in [-0.39, 0.29) is 13.0 Å². The van der Waals surface area contributed by atoms with Gasteiger partial charge in [0.2, 0.25) is 0 Å². The van der Waals surface area contributed by atoms with Gasteiger partial charge in [0.15, 0.2) is 6.10 Å². The second kappa shape index (κ2) is 6.27. The quantitative estimate of drug-likeness (QED) is 0.883. The summed E-state index contributed by atoms with van der Waals surface area (Å²) in [6.45, 7) is 0.168. The van der Waals surface area contributed by atoms with Crippen molar-refractivity contribution in [1.29, 1.82) is 0 Å². The van der Waals surface area contributed by atoms with E-state index in [2.05, 4.69) is 10.3 Å². The van der Waals surface area contributed by atoms with Crippen molar-refractivity contribution in [2.24, 2.45) is 0 Å². The van der Waals surface area contributed by atoms with E-state index in [1.807, 2.05) is 12.1 Å². The number of pyridine rings is 1. The number of aliphatic hydroxyl groups excluding tert-OH is 1. The van der Waals surface area contributed by atoms with Crippen molar-refractivity contribution in [2.45, 2.75) is 31.2 Å². The molecule has 2 atom stereocenters. The number of likely N-dealkylation sites (tertiary alicyclic amines) is 1. The Bertz CT molecular complexity index is 745. The number of carbonyl (C=O) groups is 1. The van der Waals surface area contributed by atoms with Crippen LogP contribution in [0.25, 0.3) is 10.9 Å². The van der Waals surface area contributed by atoms with Gasteiger partial charge in [-0.25, -0.2) is 4.79 Å². The van der Waals surface area contributed by atoms with Crippen molar-refractivity contribution in [3.63, 3.8) is 0 Å². The fourth-order valence-electron chi connectivity index (χ4n) is 2.98. The Hall–Kier alpha value is -2.35. The summed E-state index contributed by atoms with van der Waals surface area (Å²) in [4.78, 5) is 17.6. The molecule has 0 radical (unpaired) electrons. The molecule has 2 heterocycles. The highest BCUT2D eigenvalue weighted by molar-refractivity contribution is 5.99. The van der Waals surface area contributed by atoms with Crippen molar-refractivity contribution in [2.75, 3.05) is 11.9 Å². The third-order valence-corrected chi connectivity index (χ3v) is 4.13. The molecule has 0 saturated carbocycles. The van der Waals surface area contributed by atoms with Gasteiger partial charge < -0.3 is 15.3 Å². The number of hydrogen-bond donors (Lipinski definition) is 2. The van der Waals surface area contributed by atoms with Crippen LogP contribution >= 0.6 is 0 Å². The van der Waals surface area contributed by atoms with Gasteiger partial charge in [-0.2, -0.15) is 13.2 Å². The fraction of sp³-hybridized carbons (Fsp3) is 0.375. The van der Waals surface area contributed by atoms with Crippen LogP contribution < -0.4 is 5.32 Å². The maximum absolute atomic E-state index is 12.8. The molecule has 24 heavy (non-hydrogen) atoms. The second-order valence-corrected chi connectivity index (χ2v) is 5.70. The number of carbonyl (C=O) groups excluding carboxylic acids is 1. The molecule has 0 spiro atoms. The lowest BCUT2D eigenvalue weighted by atomic mass is 10.1. The maximum Gasteiger partial charge on any atom is 0.416 e. The first-order valence-electron chi connectivity index (χ1n) is 7.54. The van der Waals surface area contributed by atoms with Gasteiger partial charge in [-0.1, -0.05) is 18.2 Å². The highest BCUT2D eigenvalue weighted by atomic mass is 19.4. The first-order chi connectivity index (χ1) is 11.4. The number of hydrogen-bond acceptors (Lipinski definition) is 3. The van der Waals surface area contributed by atoms with Crippen LogP contribution in [0.15, 0.2) is 36.5 Å². The van der Waals surface area contributed by atoms with Crippen LogP contribution in [0.4, 0.5) is 23.7 Å². The number of alkyl halides is 3. The number of para-hydroxylation sites is 1. The lowest BCUT2D eigenvalue weighted by Crippen LogP contribution is -2.50. The number of aliphatic hydroxyl groups is 1. The number of halogens is 3. The van der Waals surface area contributed by atoms with Gasteiger partial charge in [-0.15, -0.1) is 0 Å². The Balaban J connectivity index is 1.81. The summed E-state index contributed by atoms with van der Waals surface area (Å²) in [5.41, 5.74) is 0.978. The van der Waals surface area contributed by atoms with E-state index in [1.165, 1.54) is 0 Å². The fourth-order valence-corrected chi connectivity index (χ4v) is 2.98. The standard InChI is InChI=1S/C16H16F3N3O2/c17-16(18,19)14(23)12-7-3-9-22(12)15(24)21-11-6-1-4-10-5-2-8-20-13(10)11/h1-2,4-6,8,12,14,23H,3,7,9H2,(H,21,24)/t12-,14+/m1/s1. The molecule has 1 aliphatic heterocycles. The number of aromatic nitrogens is 1. The molecule has 0 bridgehead atoms. The molecule has 1 aliphatic rings. The van der Waals surface area contributed by atoms with Gasteiger partial charge in [-0.3, -0.25) is 4.98 Å². The molecule has 1 aromatic carbocycles. The minimum absolute atomic E-state index is 0.113. The summed E-state index contributed by atoms with van der Waals surface area (Å²) < 4.78 is 38.3. The van der Waals surface area contributed by atoms with E-state index < -0.39 is 24.4 Å². The van der Waals surface area contributed by atoms with Crippen molar-refractivity contribution < 1.29 is 23.1 Å². The summed E-state index contributed by atoms with van der Waals surface area (Å²) in [6.07, 6.45) is -5.20. The average molecular weight is 339 g/mol. The Morgan fingerprint density at radius 2 is 2.08 bits per heavy atom. The van der Waals surface area contributed by atoms with E-state index in [1.54, 1.807) is 24.4 Å². The predicted octanol–water partition coefficient (Wildman–Crippen LogP) is 3.15. The number of benzene rings is 1. The van der Waals surface area contributed by atoms with Crippen LogP contribution in [0.2, 0.25) is 0 Å². The van der Waals surface area contributed by atoms with Crippen LogP contribution in [-0.4, -0.2) is 45.9 Å². The van der Waals surface area contributed by atoms with E-state index in [0.29, 0.717) is 17.6 Å². The lowest BCUT2D eigenvalue weighted by molar-refractivity contribution is -0.216. The largest absolute Gasteiger partial charge is 0.416 e. The molecule has 3 rings (SSSR count). The zero-order valence-corrected chi connectivity index (χ0v) is 12.6. The van der Waals surface area contributed by atoms with E-state index in [0.717, 1.165) is 10.3 Å². The smallest absolute Gasteiger partial charge is 0.382 e. The second-order valence-electron chi connectivity index (χ2n) is 5.70. The number of amides is 2. The third-order valence-electron chi connectivity index (χ3n) is 4.13. The Morgan fingerprint density at radius 3 is 2.83 bits per heavy atom. The van der Waals surface area contributed by atoms with Crippen LogP contribution in [-0.2, 0) is 0 Å². The summed E-state index contributed by atoms with van der Waals surface area (Å²) in [6, 6.07) is 6.83. The molecule has 2 amide bonds. The van der Waals surface area contributed by atoms with Gasteiger partial charge in [0.05, 0.1) is 17.2 Å². The van der Waals surface area contributed by atoms with Gasteiger partial charge in [-0.05, 0) is 25.0 Å². The van der Waals surface area contributed by atoms with Crippen LogP contribution in [0.3, 0.4) is 0 Å². The Morgan fingerprint density at radius 1 is 1.33 bits per heavy atom. The minimum atomic E-state index is -4.76. The Labute approximate surface area is 136 Å². The van der Waals surface area contributed by atoms with E-state index >= 15 is 0 Å². The molecule has 8 heteroatoms. The molecule has 1 aromatic heterocycles. The number of anilines is 1. The zero-order chi connectivity index (χ0) is 17.3. The average Bonchev–Trinajstić information content (AvgIpc) is 3.03. The summed E-state index contributed by atoms with van der Waals surface area (Å²) >= 11 is 0. The monoisotopic (exact) mass is 339 g/mol. The minimum Gasteiger partial charge on any atom is -0.382 e. The van der Waals surface area contributed by atoms with Crippen molar-refractivity contribution >= 4 is 22.6 Å². The molecule has 5 nitrogen and oxygen atoms in total. The first kappa shape index (κ1) is 16.5. The molecule has 0 aliphatic carbocycles. The summed E-state index contributed by atoms with van der Waals surface area (Å²) in [5.74, 6) is 0. The van der Waals surface area contributed by atoms with Crippen LogP contribution in [0.5, 0.6) is 0 Å². The van der Waals surface area contributed by atoms with Gasteiger partial charge in [0, 0.05) is 18.1 Å². The summed E-state index contributed by atoms with van der Waals surface area (Å²) in [7, 11) is 0. The predicted molar refractivity (Wildman–Crippen MR) is 82.6 cm³/mol. The third kappa shape index (κ3) is 3.14. The molecular formula is C16H16F3N3O2. The molecule has 128 valence electrons. The zero-order valence-electron chi connectivity index (χ0n) is 12.6. The van der Waals surface area contributed by atoms with Crippen molar-refractivity contribution in [3.05, 3.63) is 36.5 Å². The van der Waals surface area contributed by atoms with Gasteiger partial charge in [0.1, 0.15) is 0 Å². The highest BCUT2D eigenvalue weighted by Gasteiger charge is 2.48. The number of fused-ring (bicyclic) bond motifs is 1. The van der Waals surface area contributed by atoms with Crippen LogP contribution in [0, 0.1) is 0 Å². The summed E-state index contributed by atoms with van der Waals surface area (Å²) in [5, 5.41) is 12.9. The molecule has 1 saturated heterocycles. The number of nitrogens with zero attached hydrogens (tertiary/aromatic N) is 2. The van der Waals surface area contributed by atoms with E-state index in [9.17, 15) is 23.1 Å². The molecule has 0 unspecified atom stereocenters. The normalized spacial score (nSPS) is 19.5. The first-order valence-corrected chi connectivity index (χ1v) is 7.54. The molecule has 2 aromatic rings. The number of urea groups is 1. The van der Waals surface area contributed by atoms with Crippen LogP contribution in [0.1, 0.15) is 12.8 Å². The van der Waals surface area contributed by atoms with E-state index in [4.69, 9.17) is 0 Å². The molecular weight excluding hydrogens is 323 g/mol. The van der Waals surface area contributed by atoms with Crippen molar-refractivity contribution in [3.8, 4) is 0 Å². The topological polar surface area (TPSA) is 65.5 Å². The SMILES string of the molecule is O=C(Nc1cccc2cccnc12)N1CCC[C@@H]1[C@H](O)C(F)(F)F. The van der Waals surface area contributed by atoms with Gasteiger partial charge in [0.25, 0.3) is 0 Å².